The van der Waals surface area contributed by atoms with Crippen LogP contribution in [0, 0.1) is 11.8 Å². The number of anilines is 2. The van der Waals surface area contributed by atoms with Crippen molar-refractivity contribution in [2.45, 2.75) is 48.5 Å². The minimum atomic E-state index is -1.02. The molecule has 0 radical (unpaired) electrons. The van der Waals surface area contributed by atoms with Crippen LogP contribution in [0.25, 0.3) is 0 Å². The summed E-state index contributed by atoms with van der Waals surface area (Å²) in [7, 11) is -1.02. The third kappa shape index (κ3) is 3.26. The van der Waals surface area contributed by atoms with E-state index in [2.05, 4.69) is 26.3 Å². The van der Waals surface area contributed by atoms with Crippen LogP contribution in [0.15, 0.2) is 23.4 Å². The van der Waals surface area contributed by atoms with Gasteiger partial charge in [-0.3, -0.25) is 4.21 Å². The SMILES string of the molecule is O=S1CCc2cc(N3CC4CC(C3)C4c3ncc(Cl)cn3)nc(NC3(CO)CCC3)c21. The van der Waals surface area contributed by atoms with Crippen LogP contribution in [0.3, 0.4) is 0 Å². The van der Waals surface area contributed by atoms with E-state index in [1.54, 1.807) is 12.4 Å². The summed E-state index contributed by atoms with van der Waals surface area (Å²) in [5.74, 6) is 4.64. The van der Waals surface area contributed by atoms with Crippen LogP contribution in [0.1, 0.15) is 43.0 Å². The van der Waals surface area contributed by atoms with Gasteiger partial charge >= 0.3 is 0 Å². The monoisotopic (exact) mass is 459 g/mol. The summed E-state index contributed by atoms with van der Waals surface area (Å²) >= 11 is 5.96. The Balaban J connectivity index is 1.27. The molecule has 164 valence electrons. The Kier molecular flexibility index (Phi) is 4.74. The first-order valence-electron chi connectivity index (χ1n) is 11.1. The van der Waals surface area contributed by atoms with Crippen molar-refractivity contribution < 1.29 is 9.32 Å². The van der Waals surface area contributed by atoms with Gasteiger partial charge in [0.25, 0.3) is 0 Å². The molecule has 9 heteroatoms. The molecule has 7 nitrogen and oxygen atoms in total. The molecule has 3 unspecified atom stereocenters. The molecule has 3 atom stereocenters. The number of halogens is 1. The first-order chi connectivity index (χ1) is 15.0. The molecule has 2 aromatic rings. The fraction of sp³-hybridized carbons (Fsp3) is 0.591. The van der Waals surface area contributed by atoms with Crippen molar-refractivity contribution in [3.8, 4) is 0 Å². The maximum absolute atomic E-state index is 12.7. The summed E-state index contributed by atoms with van der Waals surface area (Å²) in [4.78, 5) is 17.1. The Bertz CT molecular complexity index is 1030. The van der Waals surface area contributed by atoms with Gasteiger partial charge in [-0.25, -0.2) is 15.0 Å². The first-order valence-corrected chi connectivity index (χ1v) is 12.8. The van der Waals surface area contributed by atoms with E-state index >= 15 is 0 Å². The average molecular weight is 460 g/mol. The van der Waals surface area contributed by atoms with Crippen molar-refractivity contribution in [2.75, 3.05) is 35.7 Å². The smallest absolute Gasteiger partial charge is 0.145 e. The molecule has 0 aromatic carbocycles. The quantitative estimate of drug-likeness (QED) is 0.710. The van der Waals surface area contributed by atoms with Gasteiger partial charge in [-0.05, 0) is 55.6 Å². The molecule has 2 bridgehead atoms. The zero-order chi connectivity index (χ0) is 21.2. The maximum atomic E-state index is 12.7. The standard InChI is InChI=1S/C22H26ClN5O2S/c23-16-8-24-20(25-9-16)18-14-6-15(18)11-28(10-14)17-7-13-2-5-31(30)19(13)21(26-17)27-22(12-29)3-1-4-22/h7-9,14-15,18,29H,1-6,10-12H2,(H,26,27). The van der Waals surface area contributed by atoms with Crippen LogP contribution < -0.4 is 10.2 Å². The van der Waals surface area contributed by atoms with Gasteiger partial charge in [-0.2, -0.15) is 0 Å². The number of hydrogen-bond acceptors (Lipinski definition) is 7. The van der Waals surface area contributed by atoms with Gasteiger partial charge in [0.15, 0.2) is 0 Å². The van der Waals surface area contributed by atoms with E-state index in [0.717, 1.165) is 60.9 Å². The molecule has 2 aliphatic carbocycles. The molecular formula is C22H26ClN5O2S. The fourth-order valence-corrected chi connectivity index (χ4v) is 7.20. The molecule has 2 saturated heterocycles. The van der Waals surface area contributed by atoms with Crippen LogP contribution in [-0.4, -0.2) is 55.3 Å². The Morgan fingerprint density at radius 1 is 1.26 bits per heavy atom. The number of aliphatic hydroxyl groups is 1. The Labute approximate surface area is 189 Å². The molecule has 31 heavy (non-hydrogen) atoms. The van der Waals surface area contributed by atoms with E-state index in [1.165, 1.54) is 6.42 Å². The summed E-state index contributed by atoms with van der Waals surface area (Å²) in [5.41, 5.74) is 0.822. The van der Waals surface area contributed by atoms with Crippen LogP contribution in [0.2, 0.25) is 5.02 Å². The van der Waals surface area contributed by atoms with Crippen molar-refractivity contribution in [2.24, 2.45) is 11.8 Å². The number of pyridine rings is 1. The van der Waals surface area contributed by atoms with Gasteiger partial charge in [0, 0.05) is 37.2 Å². The van der Waals surface area contributed by atoms with E-state index in [1.807, 2.05) is 0 Å². The highest BCUT2D eigenvalue weighted by Gasteiger charge is 2.49. The van der Waals surface area contributed by atoms with Gasteiger partial charge in [-0.15, -0.1) is 0 Å². The minimum Gasteiger partial charge on any atom is -0.394 e. The second-order valence-electron chi connectivity index (χ2n) is 9.48. The lowest BCUT2D eigenvalue weighted by Gasteiger charge is -2.53. The summed E-state index contributed by atoms with van der Waals surface area (Å²) < 4.78 is 12.7. The zero-order valence-electron chi connectivity index (χ0n) is 17.3. The normalized spacial score (nSPS) is 30.3. The van der Waals surface area contributed by atoms with Crippen molar-refractivity contribution in [3.63, 3.8) is 0 Å². The highest BCUT2D eigenvalue weighted by atomic mass is 35.5. The van der Waals surface area contributed by atoms with Crippen LogP contribution in [0.4, 0.5) is 11.6 Å². The molecule has 2 N–H and O–H groups in total. The van der Waals surface area contributed by atoms with Gasteiger partial charge < -0.3 is 15.3 Å². The van der Waals surface area contributed by atoms with E-state index in [4.69, 9.17) is 16.6 Å². The van der Waals surface area contributed by atoms with E-state index < -0.39 is 10.8 Å². The summed E-state index contributed by atoms with van der Waals surface area (Å²) in [6.45, 7) is 1.93. The van der Waals surface area contributed by atoms with Gasteiger partial charge in [0.2, 0.25) is 0 Å². The van der Waals surface area contributed by atoms with Gasteiger partial charge in [-0.1, -0.05) is 11.6 Å². The topological polar surface area (TPSA) is 91.2 Å². The average Bonchev–Trinajstić information content (AvgIpc) is 3.13. The van der Waals surface area contributed by atoms with E-state index in [0.29, 0.717) is 34.3 Å². The van der Waals surface area contributed by atoms with Crippen LogP contribution in [-0.2, 0) is 17.2 Å². The first kappa shape index (κ1) is 19.9. The number of nitrogens with one attached hydrogen (secondary N) is 1. The molecule has 4 fully saturated rings. The number of nitrogens with zero attached hydrogens (tertiary/aromatic N) is 4. The van der Waals surface area contributed by atoms with Crippen molar-refractivity contribution in [3.05, 3.63) is 34.9 Å². The molecule has 0 spiro atoms. The maximum Gasteiger partial charge on any atom is 0.145 e. The second kappa shape index (κ2) is 7.39. The predicted octanol–water partition coefficient (Wildman–Crippen LogP) is 2.76. The Hall–Kier alpha value is -1.77. The fourth-order valence-electron chi connectivity index (χ4n) is 5.73. The Morgan fingerprint density at radius 3 is 2.65 bits per heavy atom. The number of piperidine rings is 2. The number of fused-ring (bicyclic) bond motifs is 3. The van der Waals surface area contributed by atoms with Crippen molar-refractivity contribution in [1.29, 1.82) is 0 Å². The largest absolute Gasteiger partial charge is 0.394 e. The van der Waals surface area contributed by atoms with Crippen molar-refractivity contribution >= 4 is 34.0 Å². The van der Waals surface area contributed by atoms with E-state index in [-0.39, 0.29) is 12.1 Å². The number of aliphatic hydroxyl groups excluding tert-OH is 1. The number of aromatic nitrogens is 3. The highest BCUT2D eigenvalue weighted by molar-refractivity contribution is 7.85. The molecule has 2 aromatic heterocycles. The summed E-state index contributed by atoms with van der Waals surface area (Å²) in [6.07, 6.45) is 8.34. The highest BCUT2D eigenvalue weighted by Crippen LogP contribution is 2.51. The lowest BCUT2D eigenvalue weighted by molar-refractivity contribution is 0.104. The Morgan fingerprint density at radius 2 is 2.00 bits per heavy atom. The summed E-state index contributed by atoms with van der Waals surface area (Å²) in [5, 5.41) is 14.0. The molecule has 5 aliphatic rings. The third-order valence-electron chi connectivity index (χ3n) is 7.61. The second-order valence-corrected chi connectivity index (χ2v) is 11.4. The zero-order valence-corrected chi connectivity index (χ0v) is 18.8. The third-order valence-corrected chi connectivity index (χ3v) is 9.29. The lowest BCUT2D eigenvalue weighted by Crippen LogP contribution is -2.54. The van der Waals surface area contributed by atoms with Crippen LogP contribution >= 0.6 is 11.6 Å². The predicted molar refractivity (Wildman–Crippen MR) is 120 cm³/mol. The molecule has 2 saturated carbocycles. The molecule has 5 heterocycles. The summed E-state index contributed by atoms with van der Waals surface area (Å²) in [6, 6.07) is 2.14. The molecular weight excluding hydrogens is 434 g/mol. The number of hydrogen-bond donors (Lipinski definition) is 2. The van der Waals surface area contributed by atoms with Crippen molar-refractivity contribution in [1.82, 2.24) is 15.0 Å². The molecule has 3 aliphatic heterocycles. The van der Waals surface area contributed by atoms with Crippen LogP contribution in [0.5, 0.6) is 0 Å². The van der Waals surface area contributed by atoms with Gasteiger partial charge in [0.1, 0.15) is 17.5 Å². The molecule has 7 rings (SSSR count). The number of rotatable bonds is 5. The van der Waals surface area contributed by atoms with Gasteiger partial charge in [0.05, 0.1) is 32.9 Å². The van der Waals surface area contributed by atoms with E-state index in [9.17, 15) is 9.32 Å². The lowest BCUT2D eigenvalue weighted by atomic mass is 9.61. The minimum absolute atomic E-state index is 0.0803. The number of aryl methyl sites for hydroxylation is 1. The molecule has 0 amide bonds.